The maximum atomic E-state index is 16.7. The van der Waals surface area contributed by atoms with Gasteiger partial charge in [-0.3, -0.25) is 9.59 Å². The molecular weight excluding hydrogens is 785 g/mol. The predicted octanol–water partition coefficient (Wildman–Crippen LogP) is 9.82. The molecule has 10 nitrogen and oxygen atoms in total. The summed E-state index contributed by atoms with van der Waals surface area (Å²) in [4.78, 5) is 44.5. The van der Waals surface area contributed by atoms with Crippen LogP contribution in [0.15, 0.2) is 22.8 Å². The molecule has 0 aromatic carbocycles. The summed E-state index contributed by atoms with van der Waals surface area (Å²) in [5.41, 5.74) is -3.85. The fourth-order valence-corrected chi connectivity index (χ4v) is 20.0. The van der Waals surface area contributed by atoms with Crippen LogP contribution in [0.3, 0.4) is 0 Å². The van der Waals surface area contributed by atoms with Crippen LogP contribution < -0.4 is 0 Å². The van der Waals surface area contributed by atoms with Gasteiger partial charge in [0.25, 0.3) is 0 Å². The largest absolute Gasteiger partial charge is 0.455 e. The molecule has 2 saturated carbocycles. The molecule has 0 amide bonds. The molecule has 1 aliphatic heterocycles. The molecule has 4 rings (SSSR count). The maximum absolute atomic E-state index is 16.7. The van der Waals surface area contributed by atoms with Gasteiger partial charge in [0, 0.05) is 30.8 Å². The zero-order valence-electron chi connectivity index (χ0n) is 39.1. The van der Waals surface area contributed by atoms with Crippen LogP contribution in [0.25, 0.3) is 0 Å². The third-order valence-corrected chi connectivity index (χ3v) is 30.5. The van der Waals surface area contributed by atoms with E-state index < -0.39 is 95.4 Å². The highest BCUT2D eigenvalue weighted by Crippen LogP contribution is 2.65. The zero-order chi connectivity index (χ0) is 43.9. The molecule has 0 spiro atoms. The van der Waals surface area contributed by atoms with Gasteiger partial charge < -0.3 is 32.6 Å². The highest BCUT2D eigenvalue weighted by Gasteiger charge is 2.78. The second kappa shape index (κ2) is 18.1. The summed E-state index contributed by atoms with van der Waals surface area (Å²) in [5, 5.41) is 14.2. The first-order valence-electron chi connectivity index (χ1n) is 22.8. The molecule has 2 bridgehead atoms. The molecule has 0 unspecified atom stereocenters. The van der Waals surface area contributed by atoms with E-state index in [4.69, 9.17) is 27.5 Å². The van der Waals surface area contributed by atoms with E-state index in [9.17, 15) is 14.7 Å². The standard InChI is InChI=1S/C45H80O10Si3/c1-17-30(11)41(48)51-40-38-43(16,34(54-57(21-5,22-6)23-7)27-35-44(38,29-50-35)52-32(13)46)39(47)37(55-58(24-8,25-9)26-10)36-31(12)33(28-45(40,49)42(36,14)15)53-56(18-2,19-3)20-4/h17,33-35,37-38,40,49H,18-29H2,1-16H3/b30-17+/t33-,34-,35+,37+,38-,40-,43+,44-,45+/m0/s1. The molecule has 332 valence electrons. The van der Waals surface area contributed by atoms with Crippen molar-refractivity contribution in [2.24, 2.45) is 16.7 Å². The minimum absolute atomic E-state index is 0.00909. The number of Topliss-reactive ketones (excluding diaryl/α,β-unsaturated/α-hetero) is 1. The molecule has 0 aromatic rings. The number of carbonyl (C=O) groups is 3. The lowest BCUT2D eigenvalue weighted by Gasteiger charge is -2.68. The molecule has 9 atom stereocenters. The average molecular weight is 865 g/mol. The zero-order valence-corrected chi connectivity index (χ0v) is 42.1. The van der Waals surface area contributed by atoms with Crippen molar-refractivity contribution >= 4 is 42.7 Å². The van der Waals surface area contributed by atoms with Crippen molar-refractivity contribution in [3.05, 3.63) is 22.8 Å². The first kappa shape index (κ1) is 49.2. The van der Waals surface area contributed by atoms with Gasteiger partial charge in [0.05, 0.1) is 30.1 Å². The molecule has 1 heterocycles. The van der Waals surface area contributed by atoms with E-state index in [-0.39, 0.29) is 18.8 Å². The Bertz CT molecular complexity index is 1560. The lowest BCUT2D eigenvalue weighted by molar-refractivity contribution is -0.345. The van der Waals surface area contributed by atoms with Crippen LogP contribution in [0, 0.1) is 16.7 Å². The van der Waals surface area contributed by atoms with Crippen molar-refractivity contribution in [1.82, 2.24) is 0 Å². The van der Waals surface area contributed by atoms with E-state index in [2.05, 4.69) is 69.2 Å². The fraction of sp³-hybridized carbons (Fsp3) is 0.844. The highest BCUT2D eigenvalue weighted by atomic mass is 28.4. The van der Waals surface area contributed by atoms with Gasteiger partial charge in [-0.1, -0.05) is 82.2 Å². The number of hydrogen-bond acceptors (Lipinski definition) is 10. The van der Waals surface area contributed by atoms with Crippen LogP contribution >= 0.6 is 0 Å². The van der Waals surface area contributed by atoms with E-state index in [1.807, 2.05) is 20.8 Å². The molecule has 58 heavy (non-hydrogen) atoms. The van der Waals surface area contributed by atoms with Crippen molar-refractivity contribution in [3.63, 3.8) is 0 Å². The van der Waals surface area contributed by atoms with Crippen molar-refractivity contribution in [2.75, 3.05) is 6.61 Å². The summed E-state index contributed by atoms with van der Waals surface area (Å²) >= 11 is 0. The first-order valence-corrected chi connectivity index (χ1v) is 30.4. The van der Waals surface area contributed by atoms with Crippen LogP contribution in [0.4, 0.5) is 0 Å². The van der Waals surface area contributed by atoms with Crippen LogP contribution in [0.5, 0.6) is 0 Å². The molecule has 13 heteroatoms. The normalized spacial score (nSPS) is 34.0. The molecule has 3 aliphatic carbocycles. The van der Waals surface area contributed by atoms with Gasteiger partial charge in [0.1, 0.15) is 23.9 Å². The number of esters is 2. The van der Waals surface area contributed by atoms with Gasteiger partial charge in [-0.25, -0.2) is 4.79 Å². The van der Waals surface area contributed by atoms with Gasteiger partial charge in [-0.2, -0.15) is 0 Å². The Morgan fingerprint density at radius 2 is 1.29 bits per heavy atom. The molecule has 4 aliphatic rings. The maximum Gasteiger partial charge on any atom is 0.333 e. The summed E-state index contributed by atoms with van der Waals surface area (Å²) in [6, 6.07) is 7.65. The third kappa shape index (κ3) is 7.80. The molecule has 3 fully saturated rings. The van der Waals surface area contributed by atoms with Crippen molar-refractivity contribution < 1.29 is 47.0 Å². The van der Waals surface area contributed by atoms with Crippen molar-refractivity contribution in [3.8, 4) is 0 Å². The summed E-state index contributed by atoms with van der Waals surface area (Å²) in [5.74, 6) is -2.35. The van der Waals surface area contributed by atoms with E-state index in [0.717, 1.165) is 65.5 Å². The Hall–Kier alpha value is -1.46. The summed E-state index contributed by atoms with van der Waals surface area (Å²) < 4.78 is 42.1. The summed E-state index contributed by atoms with van der Waals surface area (Å²) in [6.07, 6.45) is -2.17. The lowest BCUT2D eigenvalue weighted by atomic mass is 9.44. The lowest BCUT2D eigenvalue weighted by Crippen LogP contribution is -2.82. The Morgan fingerprint density at radius 1 is 0.810 bits per heavy atom. The Morgan fingerprint density at radius 3 is 1.72 bits per heavy atom. The number of fused-ring (bicyclic) bond motifs is 5. The Balaban J connectivity index is 2.27. The monoisotopic (exact) mass is 865 g/mol. The number of aliphatic hydroxyl groups is 1. The number of carbonyl (C=O) groups excluding carboxylic acids is 3. The molecule has 1 saturated heterocycles. The number of allylic oxidation sites excluding steroid dienone is 1. The second-order valence-corrected chi connectivity index (χ2v) is 33.0. The topological polar surface area (TPSA) is 127 Å². The second-order valence-electron chi connectivity index (χ2n) is 18.8. The smallest absolute Gasteiger partial charge is 0.333 e. The van der Waals surface area contributed by atoms with E-state index in [0.29, 0.717) is 12.0 Å². The average Bonchev–Trinajstić information content (AvgIpc) is 3.20. The fourth-order valence-electron chi connectivity index (χ4n) is 11.4. The van der Waals surface area contributed by atoms with Gasteiger partial charge in [0.2, 0.25) is 0 Å². The van der Waals surface area contributed by atoms with E-state index >= 15 is 4.79 Å². The molecule has 1 N–H and O–H groups in total. The van der Waals surface area contributed by atoms with Gasteiger partial charge in [0.15, 0.2) is 36.3 Å². The SMILES string of the molecule is C/C=C(\C)C(=O)O[C@H]1[C@@H]2[C@]3(OC(C)=O)CO[C@@H]3C[C@H](O[Si](CC)(CC)CC)[C@@]2(C)C(=O)[C@H](O[Si](CC)(CC)CC)C2=C(C)[C@@H](O[Si](CC)(CC)CC)C[C@]1(O)C2(C)C. The Kier molecular flexibility index (Phi) is 15.4. The third-order valence-electron chi connectivity index (χ3n) is 16.6. The molecular formula is C45H80O10Si3. The van der Waals surface area contributed by atoms with Gasteiger partial charge in [-0.15, -0.1) is 0 Å². The van der Waals surface area contributed by atoms with Gasteiger partial charge >= 0.3 is 11.9 Å². The molecule has 0 aromatic heterocycles. The Labute approximate surface area is 354 Å². The highest BCUT2D eigenvalue weighted by molar-refractivity contribution is 6.74. The van der Waals surface area contributed by atoms with Crippen LogP contribution in [0.2, 0.25) is 54.4 Å². The summed E-state index contributed by atoms with van der Waals surface area (Å²) in [6.45, 7) is 32.3. The number of ketones is 1. The minimum Gasteiger partial charge on any atom is -0.455 e. The summed E-state index contributed by atoms with van der Waals surface area (Å²) in [7, 11) is -7.31. The molecule has 0 radical (unpaired) electrons. The van der Waals surface area contributed by atoms with E-state index in [1.54, 1.807) is 19.9 Å². The van der Waals surface area contributed by atoms with E-state index in [1.165, 1.54) is 6.92 Å². The number of ether oxygens (including phenoxy) is 3. The van der Waals surface area contributed by atoms with Crippen molar-refractivity contribution in [1.29, 1.82) is 0 Å². The number of hydrogen-bond donors (Lipinski definition) is 1. The minimum atomic E-state index is -2.55. The van der Waals surface area contributed by atoms with Crippen LogP contribution in [-0.4, -0.2) is 96.1 Å². The van der Waals surface area contributed by atoms with Crippen LogP contribution in [0.1, 0.15) is 124 Å². The van der Waals surface area contributed by atoms with Crippen molar-refractivity contribution in [2.45, 2.75) is 220 Å². The number of rotatable bonds is 18. The van der Waals surface area contributed by atoms with Crippen LogP contribution in [-0.2, 0) is 41.9 Å². The van der Waals surface area contributed by atoms with Gasteiger partial charge in [-0.05, 0) is 93.2 Å². The quantitative estimate of drug-likeness (QED) is 0.0616. The first-order chi connectivity index (χ1) is 27.1. The predicted molar refractivity (Wildman–Crippen MR) is 237 cm³/mol.